The number of rotatable bonds is 4. The molecule has 4 amide bonds. The maximum atomic E-state index is 14.3. The van der Waals surface area contributed by atoms with Gasteiger partial charge in [-0.15, -0.1) is 23.2 Å². The minimum Gasteiger partial charge on any atom is -0.508 e. The molecule has 1 N–H and O–H groups in total. The van der Waals surface area contributed by atoms with Crippen LogP contribution in [0.15, 0.2) is 82.8 Å². The Kier molecular flexibility index (Phi) is 6.94. The van der Waals surface area contributed by atoms with E-state index in [4.69, 9.17) is 39.2 Å². The molecule has 0 bridgehead atoms. The third kappa shape index (κ3) is 4.11. The number of hydrogen-bond acceptors (Lipinski definition) is 7. The molecule has 3 heterocycles. The molecule has 13 heteroatoms. The topological polar surface area (TPSA) is 121 Å². The summed E-state index contributed by atoms with van der Waals surface area (Å²) in [7, 11) is 0. The molecule has 3 aromatic carbocycles. The van der Waals surface area contributed by atoms with Crippen LogP contribution >= 0.6 is 50.7 Å². The summed E-state index contributed by atoms with van der Waals surface area (Å²) in [5, 5.41) is 11.3. The van der Waals surface area contributed by atoms with Gasteiger partial charge < -0.3 is 9.52 Å². The van der Waals surface area contributed by atoms with Crippen LogP contribution in [0.3, 0.4) is 0 Å². The first kappa shape index (κ1) is 30.6. The Labute approximate surface area is 291 Å². The number of phenolic OH excluding ortho intramolecular Hbond substituents is 1. The standard InChI is InChI=1S/C34H23BrCl3N3O6/c35-15-40-31(45)33(37)14-22-19(27(34(33,38)32(40)46)21-13-17(36)7-12-24(21)42)10-11-20-26(22)30(44)41(29(20)43)18-8-5-16(6-9-18)28-39-23-3-1-2-4-25(23)47-28/h1-10,12-13,20,22,26-27,42H,11,14-15H2. The van der Waals surface area contributed by atoms with Gasteiger partial charge in [0, 0.05) is 22.1 Å². The quantitative estimate of drug-likeness (QED) is 0.106. The second-order valence-electron chi connectivity index (χ2n) is 12.2. The number of fused-ring (bicyclic) bond motifs is 5. The Bertz CT molecular complexity index is 2050. The Morgan fingerprint density at radius 1 is 0.957 bits per heavy atom. The Hall–Kier alpha value is -3.70. The number of oxazole rings is 1. The van der Waals surface area contributed by atoms with Crippen LogP contribution in [0.25, 0.3) is 22.6 Å². The minimum atomic E-state index is -2.04. The number of phenols is 1. The number of alkyl halides is 3. The van der Waals surface area contributed by atoms with Crippen LogP contribution in [-0.4, -0.2) is 53.8 Å². The highest BCUT2D eigenvalue weighted by molar-refractivity contribution is 9.09. The van der Waals surface area contributed by atoms with E-state index in [1.54, 1.807) is 30.3 Å². The third-order valence-corrected chi connectivity index (χ3v) is 12.1. The second-order valence-corrected chi connectivity index (χ2v) is 14.4. The van der Waals surface area contributed by atoms with Gasteiger partial charge in [-0.3, -0.25) is 29.0 Å². The van der Waals surface area contributed by atoms with E-state index < -0.39 is 51.1 Å². The maximum Gasteiger partial charge on any atom is 0.254 e. The fourth-order valence-corrected chi connectivity index (χ4v) is 9.46. The van der Waals surface area contributed by atoms with E-state index in [0.717, 1.165) is 4.90 Å². The van der Waals surface area contributed by atoms with Crippen molar-refractivity contribution in [3.63, 3.8) is 0 Å². The molecule has 1 saturated carbocycles. The van der Waals surface area contributed by atoms with Crippen LogP contribution in [0.2, 0.25) is 5.02 Å². The number of hydrogen-bond donors (Lipinski definition) is 1. The first-order chi connectivity index (χ1) is 22.5. The van der Waals surface area contributed by atoms with Crippen molar-refractivity contribution in [2.24, 2.45) is 17.8 Å². The van der Waals surface area contributed by atoms with E-state index in [2.05, 4.69) is 20.9 Å². The third-order valence-electron chi connectivity index (χ3n) is 9.98. The highest BCUT2D eigenvalue weighted by Crippen LogP contribution is 2.66. The average molecular weight is 756 g/mol. The largest absolute Gasteiger partial charge is 0.508 e. The fraction of sp³-hybridized carbons (Fsp3) is 0.265. The van der Waals surface area contributed by atoms with Crippen molar-refractivity contribution in [3.8, 4) is 17.2 Å². The summed E-state index contributed by atoms with van der Waals surface area (Å²) in [6, 6.07) is 18.5. The lowest BCUT2D eigenvalue weighted by Gasteiger charge is -2.50. The lowest BCUT2D eigenvalue weighted by molar-refractivity contribution is -0.138. The minimum absolute atomic E-state index is 0.150. The molecule has 6 unspecified atom stereocenters. The molecule has 238 valence electrons. The zero-order valence-corrected chi connectivity index (χ0v) is 28.1. The molecule has 47 heavy (non-hydrogen) atoms. The molecule has 6 atom stereocenters. The summed E-state index contributed by atoms with van der Waals surface area (Å²) in [6.45, 7) is 0. The van der Waals surface area contributed by atoms with E-state index in [0.29, 0.717) is 33.8 Å². The molecule has 8 rings (SSSR count). The van der Waals surface area contributed by atoms with Crippen molar-refractivity contribution in [2.75, 3.05) is 10.4 Å². The van der Waals surface area contributed by atoms with Gasteiger partial charge in [-0.2, -0.15) is 0 Å². The molecule has 2 aliphatic carbocycles. The molecular formula is C34H23BrCl3N3O6. The van der Waals surface area contributed by atoms with Gasteiger partial charge in [-0.25, -0.2) is 4.98 Å². The van der Waals surface area contributed by atoms with Crippen molar-refractivity contribution in [3.05, 3.63) is 89.0 Å². The van der Waals surface area contributed by atoms with Crippen molar-refractivity contribution in [1.29, 1.82) is 0 Å². The Balaban J connectivity index is 1.19. The SMILES string of the molecule is O=C1C2CC=C3C(CC4(Cl)C(=O)N(CBr)C(=O)C4(Cl)C3c3cc(Cl)ccc3O)C2C(=O)N1c1ccc(-c2nc3ccccc3o2)cc1. The lowest BCUT2D eigenvalue weighted by atomic mass is 9.56. The van der Waals surface area contributed by atoms with E-state index in [9.17, 15) is 24.3 Å². The highest BCUT2D eigenvalue weighted by atomic mass is 79.9. The number of allylic oxidation sites excluding steroid dienone is 2. The summed E-state index contributed by atoms with van der Waals surface area (Å²) < 4.78 is 5.87. The van der Waals surface area contributed by atoms with Crippen LogP contribution in [-0.2, 0) is 19.2 Å². The van der Waals surface area contributed by atoms with Gasteiger partial charge in [0.15, 0.2) is 15.3 Å². The van der Waals surface area contributed by atoms with E-state index in [1.807, 2.05) is 24.3 Å². The predicted octanol–water partition coefficient (Wildman–Crippen LogP) is 6.77. The van der Waals surface area contributed by atoms with Gasteiger partial charge in [0.2, 0.25) is 17.7 Å². The number of amides is 4. The van der Waals surface area contributed by atoms with Crippen LogP contribution in [0.5, 0.6) is 5.75 Å². The number of nitrogens with zero attached hydrogens (tertiary/aromatic N) is 3. The molecular weight excluding hydrogens is 733 g/mol. The van der Waals surface area contributed by atoms with Crippen molar-refractivity contribution >= 4 is 91.1 Å². The number of imide groups is 2. The van der Waals surface area contributed by atoms with E-state index in [-0.39, 0.29) is 40.5 Å². The first-order valence-corrected chi connectivity index (χ1v) is 17.1. The zero-order valence-electron chi connectivity index (χ0n) is 24.2. The van der Waals surface area contributed by atoms with Crippen LogP contribution < -0.4 is 4.90 Å². The number of aromatic hydroxyl groups is 1. The van der Waals surface area contributed by atoms with Gasteiger partial charge in [0.1, 0.15) is 11.3 Å². The van der Waals surface area contributed by atoms with Crippen molar-refractivity contribution in [1.82, 2.24) is 9.88 Å². The molecule has 9 nitrogen and oxygen atoms in total. The number of carbonyl (C=O) groups is 4. The summed E-state index contributed by atoms with van der Waals surface area (Å²) in [5.41, 5.74) is 3.00. The number of anilines is 1. The number of para-hydroxylation sites is 2. The number of likely N-dealkylation sites (tertiary alicyclic amines) is 1. The average Bonchev–Trinajstić information content (AvgIpc) is 3.65. The number of aromatic nitrogens is 1. The smallest absolute Gasteiger partial charge is 0.254 e. The van der Waals surface area contributed by atoms with Gasteiger partial charge in [-0.05, 0) is 73.4 Å². The van der Waals surface area contributed by atoms with Gasteiger partial charge in [0.25, 0.3) is 11.8 Å². The summed E-state index contributed by atoms with van der Waals surface area (Å²) >= 11 is 24.0. The predicted molar refractivity (Wildman–Crippen MR) is 178 cm³/mol. The van der Waals surface area contributed by atoms with Crippen LogP contribution in [0, 0.1) is 17.8 Å². The summed E-state index contributed by atoms with van der Waals surface area (Å²) in [5.74, 6) is -5.54. The molecule has 4 aliphatic rings. The van der Waals surface area contributed by atoms with Gasteiger partial charge in [-0.1, -0.05) is 51.3 Å². The van der Waals surface area contributed by atoms with Crippen molar-refractivity contribution in [2.45, 2.75) is 28.5 Å². The Morgan fingerprint density at radius 2 is 1.70 bits per heavy atom. The van der Waals surface area contributed by atoms with Crippen LogP contribution in [0.1, 0.15) is 24.3 Å². The molecule has 0 spiro atoms. The van der Waals surface area contributed by atoms with Gasteiger partial charge in [0.05, 0.1) is 23.0 Å². The number of benzene rings is 3. The van der Waals surface area contributed by atoms with E-state index >= 15 is 0 Å². The molecule has 3 fully saturated rings. The monoisotopic (exact) mass is 753 g/mol. The Morgan fingerprint density at radius 3 is 2.43 bits per heavy atom. The molecule has 0 radical (unpaired) electrons. The first-order valence-electron chi connectivity index (χ1n) is 14.8. The highest BCUT2D eigenvalue weighted by Gasteiger charge is 2.76. The lowest BCUT2D eigenvalue weighted by Crippen LogP contribution is -2.60. The molecule has 2 aliphatic heterocycles. The zero-order chi connectivity index (χ0) is 33.0. The number of carbonyl (C=O) groups excluding carboxylic acids is 4. The molecule has 1 aromatic heterocycles. The second kappa shape index (κ2) is 10.7. The van der Waals surface area contributed by atoms with Crippen LogP contribution in [0.4, 0.5) is 5.69 Å². The molecule has 4 aromatic rings. The van der Waals surface area contributed by atoms with E-state index in [1.165, 1.54) is 23.1 Å². The summed E-state index contributed by atoms with van der Waals surface area (Å²) in [6.07, 6.45) is 1.82. The fourth-order valence-electron chi connectivity index (χ4n) is 7.86. The van der Waals surface area contributed by atoms with Gasteiger partial charge >= 0.3 is 0 Å². The summed E-state index contributed by atoms with van der Waals surface area (Å²) in [4.78, 5) is 58.6. The number of halogens is 4. The normalized spacial score (nSPS) is 30.1. The van der Waals surface area contributed by atoms with Crippen molar-refractivity contribution < 1.29 is 28.7 Å². The molecule has 2 saturated heterocycles. The maximum absolute atomic E-state index is 14.3.